The molecule has 2 aromatic rings. The van der Waals surface area contributed by atoms with Crippen LogP contribution in [-0.4, -0.2) is 9.55 Å². The van der Waals surface area contributed by atoms with Crippen LogP contribution in [0, 0.1) is 21.9 Å². The Labute approximate surface area is 115 Å². The summed E-state index contributed by atoms with van der Waals surface area (Å²) in [5, 5.41) is 9.10. The van der Waals surface area contributed by atoms with E-state index in [-0.39, 0.29) is 11.9 Å². The number of hydrogen-bond acceptors (Lipinski definition) is 2. The Balaban J connectivity index is 2.00. The van der Waals surface area contributed by atoms with Crippen molar-refractivity contribution in [2.24, 2.45) is 0 Å². The number of imidazole rings is 1. The number of nitriles is 1. The average molecular weight is 273 g/mol. The number of nitrogens with zero attached hydrogens (tertiary/aromatic N) is 2. The quantitative estimate of drug-likeness (QED) is 0.810. The van der Waals surface area contributed by atoms with E-state index in [9.17, 15) is 4.39 Å². The first-order chi connectivity index (χ1) is 9.19. The molecule has 0 spiro atoms. The van der Waals surface area contributed by atoms with Crippen LogP contribution in [0.15, 0.2) is 24.4 Å². The first-order valence-electron chi connectivity index (χ1n) is 6.16. The maximum Gasteiger partial charge on any atom is 0.178 e. The van der Waals surface area contributed by atoms with E-state index in [1.807, 2.05) is 10.6 Å². The van der Waals surface area contributed by atoms with Crippen LogP contribution in [0.25, 0.3) is 0 Å². The van der Waals surface area contributed by atoms with Gasteiger partial charge in [-0.15, -0.1) is 0 Å². The largest absolute Gasteiger partial charge is 0.336 e. The average Bonchev–Trinajstić information content (AvgIpc) is 2.79. The van der Waals surface area contributed by atoms with Crippen molar-refractivity contribution in [1.82, 2.24) is 9.55 Å². The van der Waals surface area contributed by atoms with Crippen LogP contribution >= 0.6 is 12.2 Å². The van der Waals surface area contributed by atoms with Gasteiger partial charge in [0.1, 0.15) is 17.6 Å². The van der Waals surface area contributed by atoms with Gasteiger partial charge in [-0.25, -0.2) is 4.39 Å². The predicted molar refractivity (Wildman–Crippen MR) is 71.8 cm³/mol. The molecule has 3 nitrogen and oxygen atoms in total. The summed E-state index contributed by atoms with van der Waals surface area (Å²) in [6.07, 6.45) is 4.15. The molecule has 1 aliphatic rings. The van der Waals surface area contributed by atoms with Crippen molar-refractivity contribution in [2.45, 2.75) is 25.3 Å². The third kappa shape index (κ3) is 2.08. The minimum Gasteiger partial charge on any atom is -0.336 e. The summed E-state index contributed by atoms with van der Waals surface area (Å²) < 4.78 is 15.7. The van der Waals surface area contributed by atoms with Crippen LogP contribution in [0.2, 0.25) is 0 Å². The number of fused-ring (bicyclic) bond motifs is 1. The van der Waals surface area contributed by atoms with Crippen molar-refractivity contribution < 1.29 is 4.39 Å². The lowest BCUT2D eigenvalue weighted by Gasteiger charge is -2.26. The van der Waals surface area contributed by atoms with E-state index in [0.29, 0.717) is 16.9 Å². The first kappa shape index (κ1) is 12.1. The van der Waals surface area contributed by atoms with Gasteiger partial charge < -0.3 is 9.55 Å². The number of aromatic amines is 1. The fourth-order valence-corrected chi connectivity index (χ4v) is 3.06. The number of benzene rings is 1. The Morgan fingerprint density at radius 3 is 3.05 bits per heavy atom. The molecule has 1 aromatic carbocycles. The van der Waals surface area contributed by atoms with Gasteiger partial charge in [0.2, 0.25) is 0 Å². The Kier molecular flexibility index (Phi) is 2.96. The lowest BCUT2D eigenvalue weighted by molar-refractivity contribution is 0.433. The van der Waals surface area contributed by atoms with Gasteiger partial charge in [-0.05, 0) is 54.7 Å². The number of rotatable bonds is 1. The first-order valence-corrected chi connectivity index (χ1v) is 6.57. The van der Waals surface area contributed by atoms with E-state index in [0.717, 1.165) is 18.4 Å². The Morgan fingerprint density at radius 1 is 1.42 bits per heavy atom. The molecule has 1 aliphatic carbocycles. The number of aromatic nitrogens is 2. The van der Waals surface area contributed by atoms with Crippen LogP contribution < -0.4 is 0 Å². The summed E-state index contributed by atoms with van der Waals surface area (Å²) in [6, 6.07) is 7.21. The molecule has 3 rings (SSSR count). The van der Waals surface area contributed by atoms with Crippen molar-refractivity contribution in [3.05, 3.63) is 51.8 Å². The smallest absolute Gasteiger partial charge is 0.178 e. The second-order valence-electron chi connectivity index (χ2n) is 4.77. The van der Waals surface area contributed by atoms with Gasteiger partial charge in [0.15, 0.2) is 4.77 Å². The van der Waals surface area contributed by atoms with Gasteiger partial charge in [0, 0.05) is 12.2 Å². The molecule has 0 bridgehead atoms. The zero-order valence-corrected chi connectivity index (χ0v) is 11.0. The van der Waals surface area contributed by atoms with Crippen molar-refractivity contribution in [3.8, 4) is 6.07 Å². The molecular formula is C14H12FN3S. The highest BCUT2D eigenvalue weighted by atomic mass is 32.1. The summed E-state index contributed by atoms with van der Waals surface area (Å²) in [5.41, 5.74) is 2.75. The Hall–Kier alpha value is -1.93. The minimum atomic E-state index is -0.211. The molecule has 96 valence electrons. The van der Waals surface area contributed by atoms with Crippen molar-refractivity contribution in [2.75, 3.05) is 0 Å². The zero-order valence-electron chi connectivity index (χ0n) is 10.2. The number of nitrogens with one attached hydrogen (secondary N) is 1. The predicted octanol–water partition coefficient (Wildman–Crippen LogP) is 3.29. The minimum absolute atomic E-state index is 0.127. The fourth-order valence-electron chi connectivity index (χ4n) is 2.75. The standard InChI is InChI=1S/C14H12FN3S/c15-11-3-1-9-2-4-12(6-10(9)5-11)18-13(7-16)8-17-14(18)19/h1,3,5,8,12H,2,4,6H2,(H,17,19)/t12-/m0/s1. The zero-order chi connectivity index (χ0) is 13.4. The van der Waals surface area contributed by atoms with E-state index in [1.54, 1.807) is 12.3 Å². The molecule has 1 aromatic heterocycles. The fraction of sp³-hybridized carbons (Fsp3) is 0.286. The highest BCUT2D eigenvalue weighted by Crippen LogP contribution is 2.30. The molecule has 0 saturated heterocycles. The van der Waals surface area contributed by atoms with Crippen LogP contribution in [0.4, 0.5) is 4.39 Å². The third-order valence-electron chi connectivity index (χ3n) is 3.66. The van der Waals surface area contributed by atoms with E-state index in [1.165, 1.54) is 11.6 Å². The summed E-state index contributed by atoms with van der Waals surface area (Å²) in [4.78, 5) is 2.90. The van der Waals surface area contributed by atoms with Crippen molar-refractivity contribution in [3.63, 3.8) is 0 Å². The van der Waals surface area contributed by atoms with Crippen LogP contribution in [0.3, 0.4) is 0 Å². The maximum atomic E-state index is 13.3. The van der Waals surface area contributed by atoms with Gasteiger partial charge in [-0.2, -0.15) is 5.26 Å². The number of halogens is 1. The molecule has 0 amide bonds. The lowest BCUT2D eigenvalue weighted by Crippen LogP contribution is -2.20. The Bertz CT molecular complexity index is 723. The van der Waals surface area contributed by atoms with Gasteiger partial charge in [-0.3, -0.25) is 0 Å². The summed E-state index contributed by atoms with van der Waals surface area (Å²) in [5.74, 6) is -0.211. The normalized spacial score (nSPS) is 17.8. The molecule has 1 heterocycles. The molecule has 0 aliphatic heterocycles. The highest BCUT2D eigenvalue weighted by Gasteiger charge is 2.22. The third-order valence-corrected chi connectivity index (χ3v) is 3.98. The SMILES string of the molecule is N#Cc1c[nH]c(=S)n1[C@H]1CCc2ccc(F)cc2C1. The summed E-state index contributed by atoms with van der Waals surface area (Å²) >= 11 is 5.23. The van der Waals surface area contributed by atoms with Crippen molar-refractivity contribution >= 4 is 12.2 Å². The molecular weight excluding hydrogens is 261 g/mol. The van der Waals surface area contributed by atoms with Crippen LogP contribution in [0.1, 0.15) is 29.3 Å². The van der Waals surface area contributed by atoms with E-state index in [4.69, 9.17) is 17.5 Å². The van der Waals surface area contributed by atoms with Crippen LogP contribution in [-0.2, 0) is 12.8 Å². The van der Waals surface area contributed by atoms with Gasteiger partial charge >= 0.3 is 0 Å². The molecule has 19 heavy (non-hydrogen) atoms. The molecule has 0 radical (unpaired) electrons. The highest BCUT2D eigenvalue weighted by molar-refractivity contribution is 7.71. The molecule has 0 unspecified atom stereocenters. The van der Waals surface area contributed by atoms with E-state index in [2.05, 4.69) is 11.1 Å². The molecule has 1 N–H and O–H groups in total. The maximum absolute atomic E-state index is 13.3. The summed E-state index contributed by atoms with van der Waals surface area (Å²) in [7, 11) is 0. The second-order valence-corrected chi connectivity index (χ2v) is 5.16. The molecule has 1 atom stereocenters. The van der Waals surface area contributed by atoms with Gasteiger partial charge in [0.25, 0.3) is 0 Å². The second kappa shape index (κ2) is 4.63. The topological polar surface area (TPSA) is 44.5 Å². The molecule has 5 heteroatoms. The monoisotopic (exact) mass is 273 g/mol. The molecule has 0 fully saturated rings. The molecule has 0 saturated carbocycles. The van der Waals surface area contributed by atoms with Crippen LogP contribution in [0.5, 0.6) is 0 Å². The van der Waals surface area contributed by atoms with Crippen molar-refractivity contribution in [1.29, 1.82) is 5.26 Å². The van der Waals surface area contributed by atoms with E-state index < -0.39 is 0 Å². The summed E-state index contributed by atoms with van der Waals surface area (Å²) in [6.45, 7) is 0. The number of hydrogen-bond donors (Lipinski definition) is 1. The van der Waals surface area contributed by atoms with Gasteiger partial charge in [-0.1, -0.05) is 6.07 Å². The van der Waals surface area contributed by atoms with Gasteiger partial charge in [0.05, 0.1) is 0 Å². The van der Waals surface area contributed by atoms with E-state index >= 15 is 0 Å². The number of aryl methyl sites for hydroxylation is 1. The Morgan fingerprint density at radius 2 is 2.26 bits per heavy atom. The lowest BCUT2D eigenvalue weighted by atomic mass is 9.88. The number of H-pyrrole nitrogens is 1.